The zero-order valence-electron chi connectivity index (χ0n) is 16.5. The Labute approximate surface area is 170 Å². The van der Waals surface area contributed by atoms with E-state index in [0.29, 0.717) is 0 Å². The molecular weight excluding hydrogens is 360 g/mol. The fourth-order valence-corrected chi connectivity index (χ4v) is 4.24. The summed E-state index contributed by atoms with van der Waals surface area (Å²) in [6.07, 6.45) is 3.45. The number of rotatable bonds is 4. The van der Waals surface area contributed by atoms with Gasteiger partial charge in [-0.25, -0.2) is 15.0 Å². The zero-order valence-corrected chi connectivity index (χ0v) is 16.5. The number of benzene rings is 2. The highest BCUT2D eigenvalue weighted by molar-refractivity contribution is 5.83. The number of imidazole rings is 1. The van der Waals surface area contributed by atoms with E-state index in [-0.39, 0.29) is 6.04 Å². The number of hydrogen-bond donors (Lipinski definition) is 0. The van der Waals surface area contributed by atoms with Crippen LogP contribution in [-0.4, -0.2) is 50.6 Å². The second-order valence-electron chi connectivity index (χ2n) is 7.47. The first-order valence-electron chi connectivity index (χ1n) is 10.0. The fourth-order valence-electron chi connectivity index (χ4n) is 4.24. The van der Waals surface area contributed by atoms with Crippen molar-refractivity contribution >= 4 is 17.0 Å². The molecule has 6 nitrogen and oxygen atoms in total. The van der Waals surface area contributed by atoms with Crippen LogP contribution in [0.4, 0.5) is 5.82 Å². The van der Waals surface area contributed by atoms with Gasteiger partial charge in [0, 0.05) is 33.2 Å². The first kappa shape index (κ1) is 17.8. The van der Waals surface area contributed by atoms with Crippen molar-refractivity contribution < 1.29 is 0 Å². The standard InChI is InChI=1S/C23H24N6/c1-27-17-26-20-22(27)24-16-25-23(20)29-14-12-28(13-15-29)21(18-8-4-2-5-9-18)19-10-6-3-7-11-19/h2-11,16-17,21H,12-15H2,1H3. The number of fused-ring (bicyclic) bond motifs is 1. The van der Waals surface area contributed by atoms with Crippen molar-refractivity contribution in [2.45, 2.75) is 6.04 Å². The van der Waals surface area contributed by atoms with Gasteiger partial charge in [0.15, 0.2) is 17.0 Å². The molecule has 1 fully saturated rings. The Kier molecular flexibility index (Phi) is 4.69. The van der Waals surface area contributed by atoms with E-state index in [9.17, 15) is 0 Å². The third-order valence-electron chi connectivity index (χ3n) is 5.69. The van der Waals surface area contributed by atoms with Crippen LogP contribution in [0.25, 0.3) is 11.2 Å². The van der Waals surface area contributed by atoms with Crippen LogP contribution in [0.2, 0.25) is 0 Å². The average Bonchev–Trinajstić information content (AvgIpc) is 3.17. The highest BCUT2D eigenvalue weighted by Gasteiger charge is 2.27. The minimum absolute atomic E-state index is 0.264. The molecule has 0 atom stereocenters. The predicted molar refractivity (Wildman–Crippen MR) is 115 cm³/mol. The van der Waals surface area contributed by atoms with Gasteiger partial charge >= 0.3 is 0 Å². The monoisotopic (exact) mass is 384 g/mol. The van der Waals surface area contributed by atoms with Crippen LogP contribution in [0.5, 0.6) is 0 Å². The van der Waals surface area contributed by atoms with Gasteiger partial charge in [-0.1, -0.05) is 60.7 Å². The molecule has 0 bridgehead atoms. The Morgan fingerprint density at radius 2 is 1.38 bits per heavy atom. The highest BCUT2D eigenvalue weighted by atomic mass is 15.3. The number of nitrogens with zero attached hydrogens (tertiary/aromatic N) is 6. The second-order valence-corrected chi connectivity index (χ2v) is 7.47. The van der Waals surface area contributed by atoms with Crippen LogP contribution in [0.3, 0.4) is 0 Å². The van der Waals surface area contributed by atoms with Crippen molar-refractivity contribution in [2.24, 2.45) is 7.05 Å². The van der Waals surface area contributed by atoms with Crippen molar-refractivity contribution in [3.8, 4) is 0 Å². The smallest absolute Gasteiger partial charge is 0.165 e. The maximum absolute atomic E-state index is 4.55. The van der Waals surface area contributed by atoms with Crippen LogP contribution >= 0.6 is 0 Å². The lowest BCUT2D eigenvalue weighted by Gasteiger charge is -2.40. The van der Waals surface area contributed by atoms with Crippen molar-refractivity contribution in [3.05, 3.63) is 84.4 Å². The Hall–Kier alpha value is -3.25. The molecular formula is C23H24N6. The third kappa shape index (κ3) is 3.36. The Bertz CT molecular complexity index is 1040. The summed E-state index contributed by atoms with van der Waals surface area (Å²) in [5.74, 6) is 0.936. The van der Waals surface area contributed by atoms with Crippen molar-refractivity contribution in [1.29, 1.82) is 0 Å². The summed E-state index contributed by atoms with van der Waals surface area (Å²) in [6, 6.07) is 21.8. The van der Waals surface area contributed by atoms with E-state index < -0.39 is 0 Å². The molecule has 2 aromatic carbocycles. The van der Waals surface area contributed by atoms with E-state index in [1.807, 2.05) is 11.6 Å². The van der Waals surface area contributed by atoms with Gasteiger partial charge < -0.3 is 9.47 Å². The highest BCUT2D eigenvalue weighted by Crippen LogP contribution is 2.30. The van der Waals surface area contributed by atoms with Crippen molar-refractivity contribution in [1.82, 2.24) is 24.4 Å². The maximum Gasteiger partial charge on any atom is 0.165 e. The van der Waals surface area contributed by atoms with Gasteiger partial charge in [-0.3, -0.25) is 4.90 Å². The number of hydrogen-bond acceptors (Lipinski definition) is 5. The third-order valence-corrected chi connectivity index (χ3v) is 5.69. The molecule has 29 heavy (non-hydrogen) atoms. The Morgan fingerprint density at radius 1 is 0.759 bits per heavy atom. The summed E-state index contributed by atoms with van der Waals surface area (Å²) in [6.45, 7) is 3.76. The zero-order chi connectivity index (χ0) is 19.6. The van der Waals surface area contributed by atoms with Crippen LogP contribution in [0.1, 0.15) is 17.2 Å². The second kappa shape index (κ2) is 7.64. The summed E-state index contributed by atoms with van der Waals surface area (Å²) < 4.78 is 1.94. The van der Waals surface area contributed by atoms with Gasteiger partial charge in [0.1, 0.15) is 6.33 Å². The lowest BCUT2D eigenvalue weighted by Crippen LogP contribution is -2.48. The van der Waals surface area contributed by atoms with E-state index in [2.05, 4.69) is 85.4 Å². The lowest BCUT2D eigenvalue weighted by atomic mass is 9.96. The van der Waals surface area contributed by atoms with Crippen LogP contribution in [0, 0.1) is 0 Å². The molecule has 3 heterocycles. The van der Waals surface area contributed by atoms with E-state index >= 15 is 0 Å². The summed E-state index contributed by atoms with van der Waals surface area (Å²) in [4.78, 5) is 18.3. The largest absolute Gasteiger partial charge is 0.352 e. The van der Waals surface area contributed by atoms with Gasteiger partial charge in [0.25, 0.3) is 0 Å². The molecule has 0 amide bonds. The Morgan fingerprint density at radius 3 is 2.00 bits per heavy atom. The van der Waals surface area contributed by atoms with Gasteiger partial charge in [0.2, 0.25) is 0 Å². The number of piperazine rings is 1. The maximum atomic E-state index is 4.55. The number of anilines is 1. The topological polar surface area (TPSA) is 50.1 Å². The normalized spacial score (nSPS) is 15.3. The lowest BCUT2D eigenvalue weighted by molar-refractivity contribution is 0.212. The average molecular weight is 384 g/mol. The van der Waals surface area contributed by atoms with Gasteiger partial charge in [0.05, 0.1) is 12.4 Å². The molecule has 1 aliphatic heterocycles. The molecule has 2 aromatic heterocycles. The molecule has 0 saturated carbocycles. The van der Waals surface area contributed by atoms with Gasteiger partial charge in [-0.2, -0.15) is 0 Å². The molecule has 1 saturated heterocycles. The summed E-state index contributed by atoms with van der Waals surface area (Å²) >= 11 is 0. The van der Waals surface area contributed by atoms with E-state index in [4.69, 9.17) is 0 Å². The molecule has 0 unspecified atom stereocenters. The molecule has 5 rings (SSSR count). The van der Waals surface area contributed by atoms with Crippen molar-refractivity contribution in [2.75, 3.05) is 31.1 Å². The molecule has 0 aliphatic carbocycles. The van der Waals surface area contributed by atoms with Crippen LogP contribution in [0.15, 0.2) is 73.3 Å². The molecule has 6 heteroatoms. The van der Waals surface area contributed by atoms with Gasteiger partial charge in [-0.15, -0.1) is 0 Å². The Balaban J connectivity index is 1.41. The number of aryl methyl sites for hydroxylation is 1. The molecule has 0 radical (unpaired) electrons. The summed E-state index contributed by atoms with van der Waals surface area (Å²) in [5.41, 5.74) is 4.43. The van der Waals surface area contributed by atoms with E-state index in [1.54, 1.807) is 12.7 Å². The van der Waals surface area contributed by atoms with Crippen molar-refractivity contribution in [3.63, 3.8) is 0 Å². The van der Waals surface area contributed by atoms with Crippen LogP contribution < -0.4 is 4.90 Å². The molecule has 4 aromatic rings. The molecule has 0 spiro atoms. The predicted octanol–water partition coefficient (Wildman–Crippen LogP) is 3.27. The van der Waals surface area contributed by atoms with E-state index in [0.717, 1.165) is 43.2 Å². The quantitative estimate of drug-likeness (QED) is 0.540. The van der Waals surface area contributed by atoms with Gasteiger partial charge in [-0.05, 0) is 11.1 Å². The molecule has 1 aliphatic rings. The first-order valence-corrected chi connectivity index (χ1v) is 10.0. The summed E-state index contributed by atoms with van der Waals surface area (Å²) in [7, 11) is 1.97. The van der Waals surface area contributed by atoms with Crippen LogP contribution in [-0.2, 0) is 7.05 Å². The summed E-state index contributed by atoms with van der Waals surface area (Å²) in [5, 5.41) is 0. The molecule has 146 valence electrons. The minimum atomic E-state index is 0.264. The van der Waals surface area contributed by atoms with E-state index in [1.165, 1.54) is 11.1 Å². The minimum Gasteiger partial charge on any atom is -0.352 e. The fraction of sp³-hybridized carbons (Fsp3) is 0.261. The first-order chi connectivity index (χ1) is 14.3. The SMILES string of the molecule is Cn1cnc2c(N3CCN(C(c4ccccc4)c4ccccc4)CC3)ncnc21. The molecule has 0 N–H and O–H groups in total. The number of aromatic nitrogens is 4.